The Morgan fingerprint density at radius 1 is 1.16 bits per heavy atom. The number of amides is 1. The topological polar surface area (TPSA) is 105 Å². The lowest BCUT2D eigenvalue weighted by Crippen LogP contribution is -2.38. The molecule has 0 aliphatic carbocycles. The fraction of sp³-hybridized carbons (Fsp3) is 0.545. The maximum atomic E-state index is 11.8. The zero-order valence-electron chi connectivity index (χ0n) is 19.3. The highest BCUT2D eigenvalue weighted by Gasteiger charge is 2.17. The molecule has 1 amide bonds. The number of ether oxygens (including phenoxy) is 1. The molecule has 2 aromatic rings. The molecule has 1 aliphatic rings. The van der Waals surface area contributed by atoms with Gasteiger partial charge in [0, 0.05) is 32.2 Å². The summed E-state index contributed by atoms with van der Waals surface area (Å²) < 4.78 is 7.47. The Kier molecular flexibility index (Phi) is 9.73. The minimum atomic E-state index is -0.518. The quantitative estimate of drug-likeness (QED) is 0.287. The second kappa shape index (κ2) is 12.0. The number of aliphatic imine (C=N–C) groups is 1. The monoisotopic (exact) mass is 555 g/mol. The Hall–Kier alpha value is -2.37. The van der Waals surface area contributed by atoms with Gasteiger partial charge in [0.15, 0.2) is 11.8 Å². The molecule has 1 aromatic carbocycles. The number of guanidine groups is 1. The van der Waals surface area contributed by atoms with Crippen LogP contribution < -0.4 is 16.0 Å². The molecule has 0 saturated carbocycles. The number of anilines is 1. The lowest BCUT2D eigenvalue weighted by molar-refractivity contribution is 0.0636. The summed E-state index contributed by atoms with van der Waals surface area (Å²) in [4.78, 5) is 16.1. The molecule has 3 N–H and O–H groups in total. The molecule has 1 aromatic heterocycles. The first-order valence-corrected chi connectivity index (χ1v) is 10.8. The van der Waals surface area contributed by atoms with Crippen LogP contribution in [0.3, 0.4) is 0 Å². The van der Waals surface area contributed by atoms with Crippen LogP contribution in [0.2, 0.25) is 0 Å². The summed E-state index contributed by atoms with van der Waals surface area (Å²) in [7, 11) is 1.76. The van der Waals surface area contributed by atoms with Crippen molar-refractivity contribution >= 4 is 41.7 Å². The van der Waals surface area contributed by atoms with Gasteiger partial charge >= 0.3 is 6.09 Å². The fourth-order valence-corrected chi connectivity index (χ4v) is 3.38. The maximum Gasteiger partial charge on any atom is 0.412 e. The summed E-state index contributed by atoms with van der Waals surface area (Å²) >= 11 is 0. The van der Waals surface area contributed by atoms with E-state index in [9.17, 15) is 4.79 Å². The largest absolute Gasteiger partial charge is 0.444 e. The van der Waals surface area contributed by atoms with E-state index in [1.165, 1.54) is 12.8 Å². The fourth-order valence-electron chi connectivity index (χ4n) is 3.38. The summed E-state index contributed by atoms with van der Waals surface area (Å²) in [6.07, 6.45) is 3.75. The minimum Gasteiger partial charge on any atom is -0.444 e. The Bertz CT molecular complexity index is 904. The first kappa shape index (κ1) is 25.9. The highest BCUT2D eigenvalue weighted by molar-refractivity contribution is 14.0. The normalized spacial score (nSPS) is 13.6. The van der Waals surface area contributed by atoms with Crippen LogP contribution in [0, 0.1) is 0 Å². The van der Waals surface area contributed by atoms with Crippen LogP contribution in [0.5, 0.6) is 0 Å². The van der Waals surface area contributed by atoms with Gasteiger partial charge in [-0.2, -0.15) is 0 Å². The van der Waals surface area contributed by atoms with E-state index in [1.807, 2.05) is 45.0 Å². The highest BCUT2D eigenvalue weighted by Crippen LogP contribution is 2.14. The molecule has 32 heavy (non-hydrogen) atoms. The van der Waals surface area contributed by atoms with E-state index in [0.717, 1.165) is 49.1 Å². The van der Waals surface area contributed by atoms with Gasteiger partial charge in [-0.05, 0) is 57.7 Å². The molecule has 10 heteroatoms. The number of fused-ring (bicyclic) bond motifs is 1. The number of halogens is 1. The number of nitrogens with zero attached hydrogens (tertiary/aromatic N) is 4. The van der Waals surface area contributed by atoms with Crippen molar-refractivity contribution in [3.63, 3.8) is 0 Å². The molecule has 1 aliphatic heterocycles. The molecule has 2 heterocycles. The molecule has 0 unspecified atom stereocenters. The molecule has 176 valence electrons. The van der Waals surface area contributed by atoms with Crippen LogP contribution in [0.4, 0.5) is 10.5 Å². The van der Waals surface area contributed by atoms with E-state index in [-0.39, 0.29) is 24.0 Å². The van der Waals surface area contributed by atoms with Crippen molar-refractivity contribution < 1.29 is 9.53 Å². The summed E-state index contributed by atoms with van der Waals surface area (Å²) in [5, 5.41) is 18.0. The number of aryl methyl sites for hydroxylation is 1. The average Bonchev–Trinajstić information content (AvgIpc) is 3.13. The van der Waals surface area contributed by atoms with Crippen LogP contribution >= 0.6 is 24.0 Å². The third-order valence-corrected chi connectivity index (χ3v) is 4.88. The lowest BCUT2D eigenvalue weighted by atomic mass is 10.1. The average molecular weight is 555 g/mol. The van der Waals surface area contributed by atoms with E-state index in [1.54, 1.807) is 7.05 Å². The SMILES string of the molecule is CN=C(NCCc1ccc(NC(=O)OC(C)(C)C)cc1)NCc1nnc2n1CCCC2.I. The molecular weight excluding hydrogens is 521 g/mol. The van der Waals surface area contributed by atoms with Gasteiger partial charge in [-0.1, -0.05) is 12.1 Å². The third-order valence-electron chi connectivity index (χ3n) is 4.88. The molecule has 9 nitrogen and oxygen atoms in total. The van der Waals surface area contributed by atoms with Crippen LogP contribution in [0.25, 0.3) is 0 Å². The first-order chi connectivity index (χ1) is 14.8. The highest BCUT2D eigenvalue weighted by atomic mass is 127. The Labute approximate surface area is 206 Å². The van der Waals surface area contributed by atoms with Crippen molar-refractivity contribution in [2.75, 3.05) is 18.9 Å². The number of hydrogen-bond acceptors (Lipinski definition) is 5. The molecule has 0 spiro atoms. The van der Waals surface area contributed by atoms with Crippen molar-refractivity contribution in [2.24, 2.45) is 4.99 Å². The van der Waals surface area contributed by atoms with E-state index in [0.29, 0.717) is 12.2 Å². The van der Waals surface area contributed by atoms with E-state index < -0.39 is 11.7 Å². The smallest absolute Gasteiger partial charge is 0.412 e. The molecule has 0 atom stereocenters. The molecule has 0 fully saturated rings. The van der Waals surface area contributed by atoms with Crippen molar-refractivity contribution in [3.05, 3.63) is 41.5 Å². The molecule has 0 bridgehead atoms. The van der Waals surface area contributed by atoms with Crippen LogP contribution in [-0.2, 0) is 30.7 Å². The van der Waals surface area contributed by atoms with Gasteiger partial charge in [-0.15, -0.1) is 34.2 Å². The second-order valence-electron chi connectivity index (χ2n) is 8.57. The summed E-state index contributed by atoms with van der Waals surface area (Å²) in [5.74, 6) is 2.76. The molecular formula is C22H34IN7O2. The van der Waals surface area contributed by atoms with Gasteiger partial charge in [-0.3, -0.25) is 10.3 Å². The summed E-state index contributed by atoms with van der Waals surface area (Å²) in [5.41, 5.74) is 1.35. The molecule has 0 saturated heterocycles. The Morgan fingerprint density at radius 3 is 2.59 bits per heavy atom. The third kappa shape index (κ3) is 7.95. The van der Waals surface area contributed by atoms with Gasteiger partial charge in [0.1, 0.15) is 11.4 Å². The second-order valence-corrected chi connectivity index (χ2v) is 8.57. The standard InChI is InChI=1S/C22H33N7O2.HI/c1-22(2,3)31-21(30)26-17-10-8-16(9-11-17)12-13-24-20(23-4)25-15-19-28-27-18-7-5-6-14-29(18)19;/h8-11H,5-7,12-15H2,1-4H3,(H,26,30)(H2,23,24,25);1H. The Morgan fingerprint density at radius 2 is 1.91 bits per heavy atom. The van der Waals surface area contributed by atoms with Crippen molar-refractivity contribution in [1.82, 2.24) is 25.4 Å². The van der Waals surface area contributed by atoms with Gasteiger partial charge < -0.3 is 19.9 Å². The van der Waals surface area contributed by atoms with E-state index in [4.69, 9.17) is 4.74 Å². The number of aromatic nitrogens is 3. The predicted molar refractivity (Wildman–Crippen MR) is 137 cm³/mol. The maximum absolute atomic E-state index is 11.8. The van der Waals surface area contributed by atoms with Gasteiger partial charge in [0.05, 0.1) is 6.54 Å². The van der Waals surface area contributed by atoms with Crippen molar-refractivity contribution in [1.29, 1.82) is 0 Å². The number of nitrogens with one attached hydrogen (secondary N) is 3. The minimum absolute atomic E-state index is 0. The van der Waals surface area contributed by atoms with Gasteiger partial charge in [0.2, 0.25) is 0 Å². The predicted octanol–water partition coefficient (Wildman–Crippen LogP) is 3.49. The number of benzene rings is 1. The van der Waals surface area contributed by atoms with Crippen molar-refractivity contribution in [3.8, 4) is 0 Å². The lowest BCUT2D eigenvalue weighted by Gasteiger charge is -2.19. The zero-order valence-corrected chi connectivity index (χ0v) is 21.6. The molecule has 0 radical (unpaired) electrons. The Balaban J connectivity index is 0.00000363. The number of carbonyl (C=O) groups excluding carboxylic acids is 1. The van der Waals surface area contributed by atoms with E-state index >= 15 is 0 Å². The van der Waals surface area contributed by atoms with Crippen molar-refractivity contribution in [2.45, 2.75) is 65.1 Å². The van der Waals surface area contributed by atoms with E-state index in [2.05, 4.69) is 35.7 Å². The summed E-state index contributed by atoms with van der Waals surface area (Å²) in [6, 6.07) is 7.74. The van der Waals surface area contributed by atoms with Crippen LogP contribution in [0.15, 0.2) is 29.3 Å². The number of rotatable bonds is 6. The number of carbonyl (C=O) groups is 1. The van der Waals surface area contributed by atoms with Crippen LogP contribution in [-0.4, -0.2) is 46.0 Å². The summed E-state index contributed by atoms with van der Waals surface area (Å²) in [6.45, 7) is 7.83. The van der Waals surface area contributed by atoms with Crippen LogP contribution in [0.1, 0.15) is 50.8 Å². The first-order valence-electron chi connectivity index (χ1n) is 10.8. The zero-order chi connectivity index (χ0) is 22.3. The van der Waals surface area contributed by atoms with Gasteiger partial charge in [0.25, 0.3) is 0 Å². The molecule has 3 rings (SSSR count). The number of hydrogen-bond donors (Lipinski definition) is 3. The van der Waals surface area contributed by atoms with Gasteiger partial charge in [-0.25, -0.2) is 4.79 Å².